The van der Waals surface area contributed by atoms with Gasteiger partial charge in [-0.05, 0) is 0 Å². The molecule has 0 aliphatic heterocycles. The Labute approximate surface area is 72.0 Å². The van der Waals surface area contributed by atoms with Gasteiger partial charge >= 0.3 is 72.6 Å². The van der Waals surface area contributed by atoms with E-state index in [-0.39, 0.29) is 41.8 Å². The van der Waals surface area contributed by atoms with Crippen LogP contribution in [0.4, 0.5) is 0 Å². The van der Waals surface area contributed by atoms with Crippen LogP contribution in [0.25, 0.3) is 0 Å². The van der Waals surface area contributed by atoms with Crippen LogP contribution in [-0.2, 0) is 0 Å². The van der Waals surface area contributed by atoms with Crippen molar-refractivity contribution < 1.29 is 0 Å². The van der Waals surface area contributed by atoms with Crippen LogP contribution < -0.4 is 0 Å². The van der Waals surface area contributed by atoms with Crippen LogP contribution in [-0.4, -0.2) is 41.8 Å². The minimum absolute atomic E-state index is 0.139. The molecule has 0 unspecified atom stereocenters. The van der Waals surface area contributed by atoms with Crippen molar-refractivity contribution >= 4 is 41.8 Å². The van der Waals surface area contributed by atoms with Crippen LogP contribution >= 0.6 is 0 Å². The Balaban J connectivity index is 2.95. The van der Waals surface area contributed by atoms with E-state index in [1.807, 2.05) is 0 Å². The molecule has 0 saturated carbocycles. The molecule has 0 bridgehead atoms. The van der Waals surface area contributed by atoms with Crippen molar-refractivity contribution in [3.8, 4) is 7.94 Å². The summed E-state index contributed by atoms with van der Waals surface area (Å²) in [4.78, 5) is 0. The van der Waals surface area contributed by atoms with Crippen molar-refractivity contribution in [2.24, 2.45) is 0 Å². The Bertz CT molecular complexity index is 78.4. The molecule has 0 nitrogen and oxygen atoms in total. The van der Waals surface area contributed by atoms with Gasteiger partial charge in [0.15, 0.2) is 0 Å². The molecule has 0 aromatic heterocycles. The molecule has 0 rings (SSSR count). The van der Waals surface area contributed by atoms with Crippen molar-refractivity contribution in [3.63, 3.8) is 0 Å². The first kappa shape index (κ1) is 9.14. The Morgan fingerprint density at radius 2 is 1.38 bits per heavy atom. The van der Waals surface area contributed by atoms with Gasteiger partial charge in [-0.1, -0.05) is 0 Å². The Kier molecular flexibility index (Phi) is 9.30. The van der Waals surface area contributed by atoms with Crippen LogP contribution in [0.5, 0.6) is 0 Å². The number of rotatable bonds is 2. The summed E-state index contributed by atoms with van der Waals surface area (Å²) in [6.45, 7) is 4.45. The second kappa shape index (κ2) is 8.14. The molecule has 0 aliphatic rings. The van der Waals surface area contributed by atoms with Gasteiger partial charge in [-0.2, -0.15) is 0 Å². The Morgan fingerprint density at radius 1 is 1.00 bits per heavy atom. The molecule has 0 radical (unpaired) electrons. The van der Waals surface area contributed by atoms with Gasteiger partial charge in [-0.3, -0.25) is 0 Å². The summed E-state index contributed by atoms with van der Waals surface area (Å²) in [5, 5.41) is 0. The number of hydrogen-bond acceptors (Lipinski definition) is 0. The van der Waals surface area contributed by atoms with Crippen molar-refractivity contribution in [2.75, 3.05) is 0 Å². The van der Waals surface area contributed by atoms with Crippen molar-refractivity contribution in [2.45, 2.75) is 22.8 Å². The summed E-state index contributed by atoms with van der Waals surface area (Å²) >= 11 is 0.277. The van der Waals surface area contributed by atoms with E-state index in [0.717, 1.165) is 0 Å². The van der Waals surface area contributed by atoms with E-state index in [1.54, 1.807) is 0 Å². The van der Waals surface area contributed by atoms with Gasteiger partial charge in [0.25, 0.3) is 0 Å². The molecule has 0 spiro atoms. The van der Waals surface area contributed by atoms with Crippen molar-refractivity contribution in [1.29, 1.82) is 0 Å². The third-order valence-corrected chi connectivity index (χ3v) is 4.78. The van der Waals surface area contributed by atoms with E-state index < -0.39 is 0 Å². The summed E-state index contributed by atoms with van der Waals surface area (Å²) in [6, 6.07) is 0. The zero-order valence-corrected chi connectivity index (χ0v) is 9.89. The summed E-state index contributed by atoms with van der Waals surface area (Å²) in [6.07, 6.45) is 0. The van der Waals surface area contributed by atoms with Gasteiger partial charge in [0.1, 0.15) is 0 Å². The molecule has 0 saturated heterocycles. The Hall–Kier alpha value is 1.14. The van der Waals surface area contributed by atoms with E-state index >= 15 is 0 Å². The Morgan fingerprint density at radius 3 is 1.62 bits per heavy atom. The molecule has 0 atom stereocenters. The van der Waals surface area contributed by atoms with E-state index in [4.69, 9.17) is 0 Å². The van der Waals surface area contributed by atoms with Gasteiger partial charge in [0.05, 0.1) is 0 Å². The van der Waals surface area contributed by atoms with Crippen LogP contribution in [0.1, 0.15) is 13.8 Å². The topological polar surface area (TPSA) is 0 Å². The second-order valence-electron chi connectivity index (χ2n) is 1.07. The maximum absolute atomic E-state index is 3.27. The van der Waals surface area contributed by atoms with Crippen molar-refractivity contribution in [1.82, 2.24) is 0 Å². The summed E-state index contributed by atoms with van der Waals surface area (Å²) in [5.74, 6) is 0. The maximum atomic E-state index is 3.27. The molecule has 0 N–H and O–H groups in total. The molecule has 0 aliphatic carbocycles. The minimum atomic E-state index is 0.139. The second-order valence-corrected chi connectivity index (χ2v) is 7.18. The van der Waals surface area contributed by atoms with E-state index in [9.17, 15) is 0 Å². The molecule has 46 valence electrons. The van der Waals surface area contributed by atoms with Gasteiger partial charge in [-0.25, -0.2) is 0 Å². The average molecular weight is 337 g/mol. The normalized spacial score (nSPS) is 7.75. The molecular formula is C6H10Te2. The third kappa shape index (κ3) is 7.14. The molecule has 0 heterocycles. The molecule has 0 amide bonds. The zero-order valence-electron chi connectivity index (χ0n) is 5.23. The van der Waals surface area contributed by atoms with Crippen LogP contribution in [0.2, 0.25) is 8.94 Å². The number of hydrogen-bond donors (Lipinski definition) is 0. The zero-order chi connectivity index (χ0) is 6.24. The van der Waals surface area contributed by atoms with Crippen molar-refractivity contribution in [3.05, 3.63) is 0 Å². The molecule has 0 aromatic rings. The molecule has 0 aromatic carbocycles. The first-order chi connectivity index (χ1) is 3.91. The predicted molar refractivity (Wildman–Crippen MR) is 40.2 cm³/mol. The third-order valence-electron chi connectivity index (χ3n) is 0.475. The summed E-state index contributed by atoms with van der Waals surface area (Å²) in [5.41, 5.74) is 0. The van der Waals surface area contributed by atoms with Crippen LogP contribution in [0.3, 0.4) is 0 Å². The quantitative estimate of drug-likeness (QED) is 0.525. The molecular weight excluding hydrogens is 327 g/mol. The van der Waals surface area contributed by atoms with Crippen LogP contribution in [0.15, 0.2) is 0 Å². The standard InChI is InChI=1S/C6H10Te2/c1-3-7-5-6-8-4-2/h3-4H2,1-2H3. The van der Waals surface area contributed by atoms with Gasteiger partial charge in [0, 0.05) is 0 Å². The van der Waals surface area contributed by atoms with Gasteiger partial charge < -0.3 is 0 Å². The molecule has 8 heavy (non-hydrogen) atoms. The van der Waals surface area contributed by atoms with E-state index in [1.165, 1.54) is 8.94 Å². The summed E-state index contributed by atoms with van der Waals surface area (Å²) < 4.78 is 9.23. The predicted octanol–water partition coefficient (Wildman–Crippen LogP) is 1.19. The first-order valence-electron chi connectivity index (χ1n) is 2.65. The fourth-order valence-corrected chi connectivity index (χ4v) is 3.62. The average Bonchev–Trinajstić information content (AvgIpc) is 1.81. The monoisotopic (exact) mass is 342 g/mol. The SMILES string of the molecule is CC[Te]C#C[Te]CC. The van der Waals surface area contributed by atoms with E-state index in [0.29, 0.717) is 0 Å². The fraction of sp³-hybridized carbons (Fsp3) is 0.667. The summed E-state index contributed by atoms with van der Waals surface area (Å²) in [7, 11) is 0. The molecule has 0 fully saturated rings. The van der Waals surface area contributed by atoms with Gasteiger partial charge in [-0.15, -0.1) is 0 Å². The fourth-order valence-electron chi connectivity index (χ4n) is 0.203. The first-order valence-corrected chi connectivity index (χ1v) is 8.28. The molecule has 2 heteroatoms. The van der Waals surface area contributed by atoms with Gasteiger partial charge in [0.2, 0.25) is 0 Å². The van der Waals surface area contributed by atoms with E-state index in [2.05, 4.69) is 21.8 Å². The van der Waals surface area contributed by atoms with Crippen LogP contribution in [0, 0.1) is 7.94 Å².